The van der Waals surface area contributed by atoms with Crippen LogP contribution >= 0.6 is 15.9 Å². The molecule has 5 heteroatoms. The van der Waals surface area contributed by atoms with Crippen LogP contribution in [0.2, 0.25) is 0 Å². The Morgan fingerprint density at radius 3 is 2.65 bits per heavy atom. The highest BCUT2D eigenvalue weighted by molar-refractivity contribution is 9.10. The van der Waals surface area contributed by atoms with E-state index in [1.165, 1.54) is 4.90 Å². The first-order valence-corrected chi connectivity index (χ1v) is 7.78. The number of halogens is 1. The van der Waals surface area contributed by atoms with E-state index in [0.29, 0.717) is 6.54 Å². The third-order valence-corrected chi connectivity index (χ3v) is 4.36. The highest BCUT2D eigenvalue weighted by atomic mass is 79.9. The minimum atomic E-state index is 0.0584. The van der Waals surface area contributed by atoms with E-state index in [0.717, 1.165) is 28.8 Å². The summed E-state index contributed by atoms with van der Waals surface area (Å²) < 4.78 is 6.74. The first-order valence-electron chi connectivity index (χ1n) is 6.99. The third kappa shape index (κ3) is 4.30. The van der Waals surface area contributed by atoms with Crippen LogP contribution in [0.4, 0.5) is 5.69 Å². The van der Waals surface area contributed by atoms with Gasteiger partial charge in [-0.2, -0.15) is 0 Å². The molecule has 0 spiro atoms. The lowest BCUT2D eigenvalue weighted by atomic mass is 10.2. The van der Waals surface area contributed by atoms with Gasteiger partial charge in [0.15, 0.2) is 6.54 Å². The van der Waals surface area contributed by atoms with E-state index in [9.17, 15) is 4.79 Å². The van der Waals surface area contributed by atoms with E-state index in [-0.39, 0.29) is 18.1 Å². The Hall–Kier alpha value is -0.910. The number of morpholine rings is 1. The summed E-state index contributed by atoms with van der Waals surface area (Å²) in [6, 6.07) is 5.84. The fourth-order valence-corrected chi connectivity index (χ4v) is 2.93. The normalized spacial score (nSPS) is 26.3. The van der Waals surface area contributed by atoms with Gasteiger partial charge in [0.2, 0.25) is 0 Å². The minimum Gasteiger partial charge on any atom is -0.364 e. The molecule has 1 saturated heterocycles. The molecule has 1 aromatic carbocycles. The Kier molecular flexibility index (Phi) is 5.18. The second-order valence-electron chi connectivity index (χ2n) is 5.60. The number of rotatable bonds is 3. The summed E-state index contributed by atoms with van der Waals surface area (Å²) in [5, 5.41) is 2.97. The van der Waals surface area contributed by atoms with Crippen LogP contribution in [0.25, 0.3) is 0 Å². The molecule has 110 valence electrons. The van der Waals surface area contributed by atoms with Gasteiger partial charge in [-0.25, -0.2) is 0 Å². The van der Waals surface area contributed by atoms with E-state index in [1.54, 1.807) is 0 Å². The van der Waals surface area contributed by atoms with Crippen molar-refractivity contribution in [2.75, 3.05) is 25.0 Å². The molecule has 1 heterocycles. The Labute approximate surface area is 128 Å². The Morgan fingerprint density at radius 2 is 2.05 bits per heavy atom. The summed E-state index contributed by atoms with van der Waals surface area (Å²) in [5.41, 5.74) is 1.97. The van der Waals surface area contributed by atoms with Gasteiger partial charge in [0.25, 0.3) is 5.91 Å². The molecule has 20 heavy (non-hydrogen) atoms. The summed E-state index contributed by atoms with van der Waals surface area (Å²) in [6.45, 7) is 8.40. The van der Waals surface area contributed by atoms with E-state index < -0.39 is 0 Å². The van der Waals surface area contributed by atoms with Crippen molar-refractivity contribution in [3.63, 3.8) is 0 Å². The predicted molar refractivity (Wildman–Crippen MR) is 83.1 cm³/mol. The van der Waals surface area contributed by atoms with Gasteiger partial charge in [-0.05, 0) is 44.5 Å². The Morgan fingerprint density at radius 1 is 1.40 bits per heavy atom. The van der Waals surface area contributed by atoms with Gasteiger partial charge in [0, 0.05) is 10.2 Å². The van der Waals surface area contributed by atoms with Gasteiger partial charge >= 0.3 is 0 Å². The molecule has 1 aliphatic rings. The summed E-state index contributed by atoms with van der Waals surface area (Å²) >= 11 is 3.46. The molecule has 2 N–H and O–H groups in total. The van der Waals surface area contributed by atoms with Crippen LogP contribution in [0.5, 0.6) is 0 Å². The largest absolute Gasteiger partial charge is 0.364 e. The van der Waals surface area contributed by atoms with Gasteiger partial charge in [0.05, 0.1) is 0 Å². The molecule has 2 rings (SSSR count). The number of quaternary nitrogens is 1. The van der Waals surface area contributed by atoms with Crippen molar-refractivity contribution in [3.05, 3.63) is 28.2 Å². The van der Waals surface area contributed by atoms with Crippen LogP contribution in [0.1, 0.15) is 19.4 Å². The summed E-state index contributed by atoms with van der Waals surface area (Å²) in [4.78, 5) is 13.4. The number of amides is 1. The second kappa shape index (κ2) is 6.70. The van der Waals surface area contributed by atoms with E-state index in [1.807, 2.05) is 25.1 Å². The highest BCUT2D eigenvalue weighted by Gasteiger charge is 2.27. The zero-order valence-corrected chi connectivity index (χ0v) is 13.8. The maximum absolute atomic E-state index is 12.1. The maximum atomic E-state index is 12.1. The van der Waals surface area contributed by atoms with Crippen molar-refractivity contribution < 1.29 is 14.4 Å². The van der Waals surface area contributed by atoms with Crippen molar-refractivity contribution in [2.24, 2.45) is 0 Å². The minimum absolute atomic E-state index is 0.0584. The average molecular weight is 342 g/mol. The fourth-order valence-electron chi connectivity index (χ4n) is 2.69. The molecule has 0 saturated carbocycles. The standard InChI is InChI=1S/C15H21BrN2O2/c1-10-6-13(4-5-14(10)16)17-15(19)9-18-7-11(2)20-12(3)8-18/h4-6,11-12H,7-9H2,1-3H3,(H,17,19)/p+1/t11-,12+. The number of hydrogen-bond donors (Lipinski definition) is 2. The number of carbonyl (C=O) groups excluding carboxylic acids is 1. The number of hydrogen-bond acceptors (Lipinski definition) is 2. The van der Waals surface area contributed by atoms with Crippen LogP contribution in [0.15, 0.2) is 22.7 Å². The van der Waals surface area contributed by atoms with Crippen molar-refractivity contribution >= 4 is 27.5 Å². The number of carbonyl (C=O) groups is 1. The fraction of sp³-hybridized carbons (Fsp3) is 0.533. The van der Waals surface area contributed by atoms with Gasteiger partial charge in [0.1, 0.15) is 25.3 Å². The van der Waals surface area contributed by atoms with E-state index in [4.69, 9.17) is 4.74 Å². The molecule has 0 bridgehead atoms. The lowest BCUT2D eigenvalue weighted by Crippen LogP contribution is -3.16. The van der Waals surface area contributed by atoms with Crippen molar-refractivity contribution in [1.29, 1.82) is 0 Å². The number of nitrogens with one attached hydrogen (secondary N) is 2. The second-order valence-corrected chi connectivity index (χ2v) is 6.46. The smallest absolute Gasteiger partial charge is 0.279 e. The Balaban J connectivity index is 1.90. The number of ether oxygens (including phenoxy) is 1. The quantitative estimate of drug-likeness (QED) is 0.872. The van der Waals surface area contributed by atoms with Gasteiger partial charge in [-0.3, -0.25) is 4.79 Å². The Bertz CT molecular complexity index is 483. The van der Waals surface area contributed by atoms with Crippen LogP contribution in [-0.2, 0) is 9.53 Å². The van der Waals surface area contributed by atoms with Crippen molar-refractivity contribution in [3.8, 4) is 0 Å². The number of aryl methyl sites for hydroxylation is 1. The molecule has 1 aromatic rings. The van der Waals surface area contributed by atoms with Gasteiger partial charge < -0.3 is 15.0 Å². The summed E-state index contributed by atoms with van der Waals surface area (Å²) in [7, 11) is 0. The van der Waals surface area contributed by atoms with E-state index >= 15 is 0 Å². The SMILES string of the molecule is Cc1cc(NC(=O)C[NH+]2C[C@@H](C)O[C@@H](C)C2)ccc1Br. The highest BCUT2D eigenvalue weighted by Crippen LogP contribution is 2.19. The molecule has 1 fully saturated rings. The molecular weight excluding hydrogens is 320 g/mol. The first kappa shape index (κ1) is 15.5. The number of anilines is 1. The zero-order valence-electron chi connectivity index (χ0n) is 12.2. The molecule has 0 aliphatic carbocycles. The topological polar surface area (TPSA) is 42.8 Å². The molecule has 1 amide bonds. The average Bonchev–Trinajstić information content (AvgIpc) is 2.32. The molecular formula is C15H22BrN2O2+. The zero-order chi connectivity index (χ0) is 14.7. The molecule has 0 aromatic heterocycles. The lowest BCUT2D eigenvalue weighted by Gasteiger charge is -2.31. The summed E-state index contributed by atoms with van der Waals surface area (Å²) in [5.74, 6) is 0.0584. The number of benzene rings is 1. The molecule has 4 nitrogen and oxygen atoms in total. The van der Waals surface area contributed by atoms with Gasteiger partial charge in [-0.1, -0.05) is 15.9 Å². The van der Waals surface area contributed by atoms with Crippen LogP contribution in [-0.4, -0.2) is 37.7 Å². The van der Waals surface area contributed by atoms with Crippen LogP contribution < -0.4 is 10.2 Å². The maximum Gasteiger partial charge on any atom is 0.279 e. The molecule has 3 atom stereocenters. The monoisotopic (exact) mass is 341 g/mol. The van der Waals surface area contributed by atoms with Crippen molar-refractivity contribution in [1.82, 2.24) is 0 Å². The molecule has 0 radical (unpaired) electrons. The van der Waals surface area contributed by atoms with Crippen LogP contribution in [0, 0.1) is 6.92 Å². The van der Waals surface area contributed by atoms with Gasteiger partial charge in [-0.15, -0.1) is 0 Å². The predicted octanol–water partition coefficient (Wildman–Crippen LogP) is 1.39. The summed E-state index contributed by atoms with van der Waals surface area (Å²) in [6.07, 6.45) is 0.438. The molecule has 1 unspecified atom stereocenters. The van der Waals surface area contributed by atoms with Crippen LogP contribution in [0.3, 0.4) is 0 Å². The third-order valence-electron chi connectivity index (χ3n) is 3.47. The lowest BCUT2D eigenvalue weighted by molar-refractivity contribution is -0.907. The van der Waals surface area contributed by atoms with Crippen molar-refractivity contribution in [2.45, 2.75) is 33.0 Å². The first-order chi connectivity index (χ1) is 9.44. The van der Waals surface area contributed by atoms with E-state index in [2.05, 4.69) is 35.1 Å². The molecule has 1 aliphatic heterocycles.